The predicted molar refractivity (Wildman–Crippen MR) is 543 cm³/mol. The number of amides is 7. The van der Waals surface area contributed by atoms with Crippen LogP contribution in [0.5, 0.6) is 5.75 Å². The molecular weight excluding hydrogens is 1710 g/mol. The van der Waals surface area contributed by atoms with Crippen LogP contribution >= 0.6 is 0 Å². The van der Waals surface area contributed by atoms with Crippen LogP contribution in [-0.2, 0) is 40.0 Å². The number of Topliss-reactive ketones (excluding diaryl/α,β-unsaturated/α-hetero) is 1. The largest absolute Gasteiger partial charge is 0.497 e. The number of methoxy groups -OCH3 is 1. The Balaban J connectivity index is 0.000000194. The lowest BCUT2D eigenvalue weighted by molar-refractivity contribution is -0.132. The number of benzene rings is 4. The van der Waals surface area contributed by atoms with Crippen LogP contribution in [0.15, 0.2) is 234 Å². The van der Waals surface area contributed by atoms with Crippen molar-refractivity contribution in [1.82, 2.24) is 67.6 Å². The molecular formula is C102H138N24O9. The lowest BCUT2D eigenvalue weighted by atomic mass is 9.95. The maximum absolute atomic E-state index is 12.2. The summed E-state index contributed by atoms with van der Waals surface area (Å²) in [6.45, 7) is 39.2. The zero-order valence-electron chi connectivity index (χ0n) is 81.8. The predicted octanol–water partition coefficient (Wildman–Crippen LogP) is 13.0. The van der Waals surface area contributed by atoms with Gasteiger partial charge in [-0.2, -0.15) is 5.10 Å². The van der Waals surface area contributed by atoms with Crippen LogP contribution in [-0.4, -0.2) is 215 Å². The van der Waals surface area contributed by atoms with Crippen LogP contribution in [0, 0.1) is 13.8 Å². The van der Waals surface area contributed by atoms with Gasteiger partial charge in [-0.1, -0.05) is 105 Å². The van der Waals surface area contributed by atoms with Crippen molar-refractivity contribution in [3.8, 4) is 5.75 Å². The monoisotopic (exact) mass is 1840 g/mol. The summed E-state index contributed by atoms with van der Waals surface area (Å²) in [5.41, 5.74) is 11.1. The first-order valence-electron chi connectivity index (χ1n) is 46.3. The number of H-pyrrole nitrogens is 1. The van der Waals surface area contributed by atoms with E-state index in [1.54, 1.807) is 62.9 Å². The first-order valence-corrected chi connectivity index (χ1v) is 46.3. The summed E-state index contributed by atoms with van der Waals surface area (Å²) in [7, 11) is 3.28. The molecule has 1 saturated carbocycles. The fraction of sp³-hybridized carbons (Fsp3) is 0.422. The highest BCUT2D eigenvalue weighted by molar-refractivity contribution is 6.14. The number of anilines is 5. The first-order chi connectivity index (χ1) is 64.4. The van der Waals surface area contributed by atoms with Crippen LogP contribution in [0.2, 0.25) is 0 Å². The van der Waals surface area contributed by atoms with Gasteiger partial charge in [0.15, 0.2) is 11.6 Å². The van der Waals surface area contributed by atoms with Gasteiger partial charge in [0.2, 0.25) is 11.8 Å². The molecule has 8 aliphatic rings. The molecule has 33 nitrogen and oxygen atoms in total. The van der Waals surface area contributed by atoms with Crippen LogP contribution in [0.3, 0.4) is 0 Å². The number of nitrogens with zero attached hydrogens (tertiary/aromatic N) is 10. The highest BCUT2D eigenvalue weighted by atomic mass is 16.5. The molecule has 0 spiro atoms. The number of aliphatic imine (C=N–C) groups is 6. The molecule has 2 aromatic heterocycles. The summed E-state index contributed by atoms with van der Waals surface area (Å²) in [4.78, 5) is 132. The smallest absolute Gasteiger partial charge is 0.254 e. The van der Waals surface area contributed by atoms with Gasteiger partial charge in [0.25, 0.3) is 29.5 Å². The third kappa shape index (κ3) is 38.1. The van der Waals surface area contributed by atoms with Gasteiger partial charge in [-0.3, -0.25) is 78.4 Å². The number of aromatic amines is 1. The number of hydrogen-bond acceptors (Lipinski definition) is 25. The number of para-hydroxylation sites is 1. The van der Waals surface area contributed by atoms with Crippen molar-refractivity contribution in [3.05, 3.63) is 232 Å². The minimum Gasteiger partial charge on any atom is -0.497 e. The highest BCUT2D eigenvalue weighted by Gasteiger charge is 2.27. The molecule has 1 atom stereocenters. The second-order valence-electron chi connectivity index (χ2n) is 35.7. The van der Waals surface area contributed by atoms with E-state index in [4.69, 9.17) is 4.74 Å². The number of nitrogens with one attached hydrogen (secondary N) is 14. The van der Waals surface area contributed by atoms with Gasteiger partial charge in [-0.05, 0) is 220 Å². The quantitative estimate of drug-likeness (QED) is 0.0187. The topological polar surface area (TPSA) is 434 Å². The molecule has 0 saturated heterocycles. The number of hydrogen-bond donors (Lipinski definition) is 14. The zero-order valence-corrected chi connectivity index (χ0v) is 81.8. The van der Waals surface area contributed by atoms with Crippen LogP contribution in [0.4, 0.5) is 28.7 Å². The first kappa shape index (κ1) is 106. The number of amidine groups is 6. The van der Waals surface area contributed by atoms with E-state index in [1.165, 1.54) is 41.5 Å². The summed E-state index contributed by atoms with van der Waals surface area (Å²) in [6.07, 6.45) is 24.0. The fourth-order valence-corrected chi connectivity index (χ4v) is 13.7. The summed E-state index contributed by atoms with van der Waals surface area (Å²) in [5.74, 6) is 6.41. The van der Waals surface area contributed by atoms with Crippen molar-refractivity contribution in [3.63, 3.8) is 0 Å². The number of ketones is 1. The second kappa shape index (κ2) is 54.0. The van der Waals surface area contributed by atoms with E-state index >= 15 is 0 Å². The number of carbonyl (C=O) groups is 8. The molecule has 6 aromatic rings. The minimum absolute atomic E-state index is 0.00313. The number of carbonyl (C=O) groups excluding carboxylic acids is 8. The Morgan fingerprint density at radius 2 is 0.844 bits per heavy atom. The van der Waals surface area contributed by atoms with Crippen LogP contribution in [0.1, 0.15) is 188 Å². The molecule has 7 aliphatic heterocycles. The van der Waals surface area contributed by atoms with Crippen LogP contribution < -0.4 is 73.9 Å². The molecule has 14 N–H and O–H groups in total. The molecule has 33 heteroatoms. The van der Waals surface area contributed by atoms with E-state index in [-0.39, 0.29) is 59.3 Å². The molecule has 1 fully saturated rings. The molecule has 0 radical (unpaired) electrons. The van der Waals surface area contributed by atoms with Gasteiger partial charge in [0.05, 0.1) is 58.3 Å². The fourth-order valence-electron chi connectivity index (χ4n) is 13.7. The number of aromatic nitrogens is 4. The maximum atomic E-state index is 12.2. The van der Waals surface area contributed by atoms with Gasteiger partial charge in [-0.25, -0.2) is 4.98 Å². The third-order valence-corrected chi connectivity index (χ3v) is 20.4. The molecule has 1 aliphatic carbocycles. The summed E-state index contributed by atoms with van der Waals surface area (Å²) in [5, 5.41) is 46.4. The maximum Gasteiger partial charge on any atom is 0.254 e. The Morgan fingerprint density at radius 1 is 0.437 bits per heavy atom. The normalized spacial score (nSPS) is 15.6. The third-order valence-electron chi connectivity index (χ3n) is 20.4. The van der Waals surface area contributed by atoms with Gasteiger partial charge >= 0.3 is 0 Å². The van der Waals surface area contributed by atoms with Crippen molar-refractivity contribution < 1.29 is 43.1 Å². The Bertz CT molecular complexity index is 5460. The molecule has 1 unspecified atom stereocenters. The summed E-state index contributed by atoms with van der Waals surface area (Å²) >= 11 is 0. The van der Waals surface area contributed by atoms with E-state index in [2.05, 4.69) is 147 Å². The summed E-state index contributed by atoms with van der Waals surface area (Å²) < 4.78 is 5.12. The SMILES string of the molecule is CC(C)NC1=NCC(C(=O)NC2C=CCC(=O)N2C)=C1.CC(C)NC1=NCC(C(=O)NC2CCCCC2)=C1.CC(C)NC1=NCC(C(=O)Nc2ccc(C(C)C)cc2)=C1.CC(C)NC1=NCC(C(=O)Nc2ccccc2)=C1.COc1cccc(NC(=O)C2=CC(NC(C)C)=NC2)c1.Cc1ccc(CC(=O)c2cc(NC(C)C)n[nH]2)cc1.Cc1cncc(NC(=O)C2=CC(NC(C)C)=NC2)n1. The van der Waals surface area contributed by atoms with E-state index < -0.39 is 0 Å². The molecule has 7 amide bonds. The van der Waals surface area contributed by atoms with E-state index in [1.807, 2.05) is 212 Å². The van der Waals surface area contributed by atoms with E-state index in [9.17, 15) is 38.4 Å². The van der Waals surface area contributed by atoms with Crippen molar-refractivity contribution in [2.45, 2.75) is 230 Å². The zero-order chi connectivity index (χ0) is 98.2. The standard InChI is InChI=1S/C17H23N3O.C15H19N3O2.C15H19N3O.C14H20N4O2.C14H23N3O.C14H17N3O.C13H17N5O/c1-11(2)13-5-7-15(8-6-13)20-17(21)14-9-16(18-10-14)19-12(3)4;1-10(2)17-14-7-11(9-16-14)15(19)18-12-5-4-6-13(8-12)20-3;1-10(2)16-15-9-13(17-18-15)14(19)8-12-6-4-11(3)5-7-12;1-9(2)16-11-7-10(8-15-11)14(20)17-12-5-4-6-13(19)18(12)3;2*1-10(2)16-13-8-11(9-15-13)14(18)17-12-6-4-3-5-7-12;1-8(2)16-11-4-10(6-15-11)13(19)18-12-7-14-5-9(3)17-12/h5-9,11-12H,10H2,1-4H3,(H,18,19)(H,20,21);4-8,10H,9H2,1-3H3,(H,16,17)(H,18,19);4-7,9-10H,8H2,1-3H3,(H2,16,17,18);4-5,7,9,12H,6,8H2,1-3H3,(H,15,16)(H,17,20);8,10,12H,3-7,9H2,1-2H3,(H,15,16)(H,17,18);3-8,10H,9H2,1-2H3,(H,15,16)(H,17,18);4-5,7-8H,6H2,1-3H3,(H,15,16)(H,17,18,19). The van der Waals surface area contributed by atoms with Crippen molar-refractivity contribution in [2.24, 2.45) is 30.0 Å². The van der Waals surface area contributed by atoms with Gasteiger partial charge in [0, 0.05) is 137 Å². The summed E-state index contributed by atoms with van der Waals surface area (Å²) in [6, 6.07) is 36.9. The molecule has 14 rings (SSSR count). The van der Waals surface area contributed by atoms with Crippen molar-refractivity contribution in [1.29, 1.82) is 0 Å². The van der Waals surface area contributed by atoms with Crippen molar-refractivity contribution >= 4 is 111 Å². The number of likely N-dealkylation sites (N-methyl/N-ethyl adjacent to an activating group) is 1. The average molecular weight is 1840 g/mol. The van der Waals surface area contributed by atoms with E-state index in [0.717, 1.165) is 76.1 Å². The Morgan fingerprint density at radius 3 is 1.27 bits per heavy atom. The van der Waals surface area contributed by atoms with Gasteiger partial charge in [0.1, 0.15) is 58.4 Å². The molecule has 9 heterocycles. The lowest BCUT2D eigenvalue weighted by Crippen LogP contribution is -2.49. The Labute approximate surface area is 794 Å². The minimum atomic E-state index is -0.383. The lowest BCUT2D eigenvalue weighted by Gasteiger charge is -2.29. The van der Waals surface area contributed by atoms with Crippen molar-refractivity contribution in [2.75, 3.05) is 80.0 Å². The average Bonchev–Trinajstić information content (AvgIpc) is 1.83. The Kier molecular flexibility index (Phi) is 42.5. The number of ether oxygens (including phenoxy) is 1. The highest BCUT2D eigenvalue weighted by Crippen LogP contribution is 2.24. The molecule has 4 aromatic carbocycles. The van der Waals surface area contributed by atoms with Gasteiger partial charge < -0.3 is 78.8 Å². The molecule has 0 bridgehead atoms. The molecule has 720 valence electrons. The Hall–Kier alpha value is -14.3. The van der Waals surface area contributed by atoms with Crippen LogP contribution in [0.25, 0.3) is 0 Å². The van der Waals surface area contributed by atoms with Gasteiger partial charge in [-0.15, -0.1) is 0 Å². The second-order valence-corrected chi connectivity index (χ2v) is 35.7. The number of aryl methyl sites for hydroxylation is 2. The van der Waals surface area contributed by atoms with E-state index in [0.29, 0.717) is 157 Å². The number of rotatable bonds is 25. The molecule has 135 heavy (non-hydrogen) atoms.